The van der Waals surface area contributed by atoms with Gasteiger partial charge in [-0.25, -0.2) is 13.2 Å². The van der Waals surface area contributed by atoms with E-state index in [0.29, 0.717) is 38.3 Å². The van der Waals surface area contributed by atoms with E-state index in [1.807, 2.05) is 13.8 Å². The number of nitrogens with zero attached hydrogens (tertiary/aromatic N) is 2. The molecule has 3 saturated heterocycles. The first-order valence-electron chi connectivity index (χ1n) is 16.8. The van der Waals surface area contributed by atoms with Crippen LogP contribution in [0.1, 0.15) is 31.4 Å². The van der Waals surface area contributed by atoms with E-state index in [-0.39, 0.29) is 48.6 Å². The summed E-state index contributed by atoms with van der Waals surface area (Å²) in [7, 11) is -8.42. The molecule has 2 aromatic carbocycles. The smallest absolute Gasteiger partial charge is 0.407 e. The van der Waals surface area contributed by atoms with Crippen LogP contribution < -0.4 is 10.1 Å². The first kappa shape index (κ1) is 38.6. The minimum atomic E-state index is -4.38. The lowest BCUT2D eigenvalue weighted by Crippen LogP contribution is -2.51. The zero-order chi connectivity index (χ0) is 35.9. The number of hydrogen-bond donors (Lipinski definition) is 4. The van der Waals surface area contributed by atoms with E-state index in [2.05, 4.69) is 10.2 Å². The van der Waals surface area contributed by atoms with Crippen molar-refractivity contribution in [2.24, 2.45) is 11.8 Å². The number of morpholine rings is 1. The van der Waals surface area contributed by atoms with Gasteiger partial charge in [-0.15, -0.1) is 0 Å². The Kier molecular flexibility index (Phi) is 13.3. The fourth-order valence-electron chi connectivity index (χ4n) is 6.24. The molecule has 0 bridgehead atoms. The topological polar surface area (TPSA) is 194 Å². The molecule has 3 aliphatic rings. The van der Waals surface area contributed by atoms with E-state index < -0.39 is 54.6 Å². The number of sulfonamides is 1. The van der Waals surface area contributed by atoms with Crippen molar-refractivity contribution in [2.75, 3.05) is 59.0 Å². The third kappa shape index (κ3) is 10.9. The van der Waals surface area contributed by atoms with Gasteiger partial charge in [0.2, 0.25) is 10.0 Å². The molecule has 4 N–H and O–H groups in total. The number of fused-ring (bicyclic) bond motifs is 1. The molecule has 0 saturated carbocycles. The number of carbonyl (C=O) groups excluding carboxylic acids is 1. The van der Waals surface area contributed by atoms with Gasteiger partial charge in [-0.2, -0.15) is 4.31 Å². The van der Waals surface area contributed by atoms with Gasteiger partial charge >= 0.3 is 13.7 Å². The second-order valence-electron chi connectivity index (χ2n) is 13.3. The number of ether oxygens (including phenoxy) is 5. The second-order valence-corrected chi connectivity index (χ2v) is 16.8. The summed E-state index contributed by atoms with van der Waals surface area (Å²) >= 11 is 0. The number of rotatable bonds is 16. The average Bonchev–Trinajstić information content (AvgIpc) is 3.69. The molecule has 50 heavy (non-hydrogen) atoms. The van der Waals surface area contributed by atoms with E-state index in [1.165, 1.54) is 16.4 Å². The lowest BCUT2D eigenvalue weighted by atomic mass is 10.0. The third-order valence-electron chi connectivity index (χ3n) is 8.82. The van der Waals surface area contributed by atoms with Gasteiger partial charge in [-0.3, -0.25) is 9.46 Å². The Labute approximate surface area is 293 Å². The van der Waals surface area contributed by atoms with Crippen molar-refractivity contribution in [3.8, 4) is 5.75 Å². The number of benzene rings is 2. The van der Waals surface area contributed by atoms with Gasteiger partial charge < -0.3 is 43.9 Å². The molecular weight excluding hydrogens is 693 g/mol. The minimum Gasteiger partial charge on any atom is -0.481 e. The Morgan fingerprint density at radius 3 is 2.36 bits per heavy atom. The predicted octanol–water partition coefficient (Wildman–Crippen LogP) is 2.14. The number of carbonyl (C=O) groups is 1. The maximum Gasteiger partial charge on any atom is 0.407 e. The van der Waals surface area contributed by atoms with Crippen molar-refractivity contribution in [2.45, 2.75) is 62.7 Å². The van der Waals surface area contributed by atoms with Crippen molar-refractivity contribution in [3.05, 3.63) is 59.7 Å². The molecule has 0 radical (unpaired) electrons. The largest absolute Gasteiger partial charge is 0.481 e. The van der Waals surface area contributed by atoms with Crippen LogP contribution in [-0.2, 0) is 46.5 Å². The van der Waals surface area contributed by atoms with Gasteiger partial charge in [-0.1, -0.05) is 38.1 Å². The average molecular weight is 742 g/mol. The van der Waals surface area contributed by atoms with Crippen molar-refractivity contribution < 1.29 is 56.4 Å². The molecular formula is C33H48N3O12PS. The molecule has 3 aliphatic heterocycles. The minimum absolute atomic E-state index is 0.0708. The maximum atomic E-state index is 14.0. The number of aliphatic hydroxyl groups is 1. The highest BCUT2D eigenvalue weighted by Gasteiger charge is 2.44. The molecule has 15 nitrogen and oxygen atoms in total. The Hall–Kier alpha value is -2.63. The van der Waals surface area contributed by atoms with Gasteiger partial charge in [0.1, 0.15) is 11.9 Å². The van der Waals surface area contributed by atoms with Crippen LogP contribution in [0.4, 0.5) is 4.79 Å². The van der Waals surface area contributed by atoms with Crippen molar-refractivity contribution >= 4 is 23.7 Å². The standard InChI is InChI=1S/C33H48N3O12PS/c1-23(2)18-36(50(42,43)27-9-5-25(6-10-27)19-35-12-15-44-16-13-35)20-30(37)29(17-24-3-7-26(8-4-24)47-22-49(39,40)41)34-33(38)48-31-21-46-32-28(31)11-14-45-32/h3-10,23,28-32,37H,11-22H2,1-2H3,(H,34,38)(H2,39,40,41)/t28-,29-,30+,31-,32+/m0/s1. The lowest BCUT2D eigenvalue weighted by Gasteiger charge is -2.31. The molecule has 5 atom stereocenters. The Morgan fingerprint density at radius 2 is 1.70 bits per heavy atom. The van der Waals surface area contributed by atoms with E-state index in [4.69, 9.17) is 33.5 Å². The number of hydrogen-bond acceptors (Lipinski definition) is 11. The SMILES string of the molecule is CC(C)CN(C[C@@H](O)[C@H](Cc1ccc(OCP(=O)(O)O)cc1)NC(=O)O[C@H]1CO[C@H]2OCC[C@H]21)S(=O)(=O)c1ccc(CN2CCOCC2)cc1. The van der Waals surface area contributed by atoms with Crippen LogP contribution >= 0.6 is 7.60 Å². The fraction of sp³-hybridized carbons (Fsp3) is 0.606. The summed E-state index contributed by atoms with van der Waals surface area (Å²) in [5.41, 5.74) is 1.62. The van der Waals surface area contributed by atoms with Gasteiger partial charge in [0.15, 0.2) is 12.6 Å². The molecule has 278 valence electrons. The zero-order valence-corrected chi connectivity index (χ0v) is 30.0. The Bertz CT molecular complexity index is 1550. The summed E-state index contributed by atoms with van der Waals surface area (Å²) in [6.07, 6.45) is -3.12. The fourth-order valence-corrected chi connectivity index (χ4v) is 8.17. The zero-order valence-electron chi connectivity index (χ0n) is 28.3. The first-order valence-corrected chi connectivity index (χ1v) is 20.0. The van der Waals surface area contributed by atoms with Gasteiger partial charge in [-0.05, 0) is 54.2 Å². The molecule has 0 aliphatic carbocycles. The number of aliphatic hydroxyl groups excluding tert-OH is 1. The lowest BCUT2D eigenvalue weighted by molar-refractivity contribution is -0.0907. The second kappa shape index (κ2) is 17.3. The highest BCUT2D eigenvalue weighted by atomic mass is 32.2. The summed E-state index contributed by atoms with van der Waals surface area (Å²) < 4.78 is 67.8. The van der Waals surface area contributed by atoms with Crippen LogP contribution in [0, 0.1) is 11.8 Å². The summed E-state index contributed by atoms with van der Waals surface area (Å²) in [6, 6.07) is 12.1. The van der Waals surface area contributed by atoms with Crippen molar-refractivity contribution in [3.63, 3.8) is 0 Å². The molecule has 2 aromatic rings. The van der Waals surface area contributed by atoms with E-state index >= 15 is 0 Å². The molecule has 3 heterocycles. The van der Waals surface area contributed by atoms with Crippen LogP contribution in [0.15, 0.2) is 53.4 Å². The number of alkyl carbamates (subject to hydrolysis) is 1. The number of nitrogens with one attached hydrogen (secondary N) is 1. The molecule has 0 aromatic heterocycles. The van der Waals surface area contributed by atoms with Crippen LogP contribution in [0.5, 0.6) is 5.75 Å². The Balaban J connectivity index is 1.31. The summed E-state index contributed by atoms with van der Waals surface area (Å²) in [5.74, 6) is 0.0524. The van der Waals surface area contributed by atoms with Crippen LogP contribution in [0.3, 0.4) is 0 Å². The van der Waals surface area contributed by atoms with Gasteiger partial charge in [0.05, 0.1) is 49.4 Å². The van der Waals surface area contributed by atoms with Crippen LogP contribution in [0.25, 0.3) is 0 Å². The summed E-state index contributed by atoms with van der Waals surface area (Å²) in [4.78, 5) is 33.8. The molecule has 17 heteroatoms. The Morgan fingerprint density at radius 1 is 1.02 bits per heavy atom. The van der Waals surface area contributed by atoms with E-state index in [0.717, 1.165) is 18.7 Å². The summed E-state index contributed by atoms with van der Waals surface area (Å²) in [6.45, 7) is 7.88. The molecule has 0 spiro atoms. The van der Waals surface area contributed by atoms with Crippen LogP contribution in [-0.4, -0.2) is 122 Å². The van der Waals surface area contributed by atoms with E-state index in [9.17, 15) is 22.9 Å². The van der Waals surface area contributed by atoms with Crippen LogP contribution in [0.2, 0.25) is 0 Å². The van der Waals surface area contributed by atoms with Crippen molar-refractivity contribution in [1.82, 2.24) is 14.5 Å². The quantitative estimate of drug-likeness (QED) is 0.183. The normalized spacial score (nSPS) is 22.7. The summed E-state index contributed by atoms with van der Waals surface area (Å²) in [5, 5.41) is 14.4. The highest BCUT2D eigenvalue weighted by Crippen LogP contribution is 2.35. The van der Waals surface area contributed by atoms with Gasteiger partial charge in [0, 0.05) is 32.7 Å². The third-order valence-corrected chi connectivity index (χ3v) is 11.1. The first-order chi connectivity index (χ1) is 23.8. The molecule has 0 unspecified atom stereocenters. The predicted molar refractivity (Wildman–Crippen MR) is 181 cm³/mol. The maximum absolute atomic E-state index is 14.0. The van der Waals surface area contributed by atoms with Crippen molar-refractivity contribution in [1.29, 1.82) is 0 Å². The monoisotopic (exact) mass is 741 g/mol. The van der Waals surface area contributed by atoms with E-state index in [1.54, 1.807) is 36.4 Å². The van der Waals surface area contributed by atoms with Gasteiger partial charge in [0.25, 0.3) is 0 Å². The molecule has 3 fully saturated rings. The number of amides is 1. The molecule has 1 amide bonds. The highest BCUT2D eigenvalue weighted by molar-refractivity contribution is 7.89. The molecule has 5 rings (SSSR count).